The quantitative estimate of drug-likeness (QED) is 0.547. The van der Waals surface area contributed by atoms with Crippen molar-refractivity contribution in [2.75, 3.05) is 0 Å². The number of nitrogens with one attached hydrogen (secondary N) is 1. The van der Waals surface area contributed by atoms with Crippen molar-refractivity contribution in [1.82, 2.24) is 5.32 Å². The van der Waals surface area contributed by atoms with Gasteiger partial charge in [0.2, 0.25) is 0 Å². The van der Waals surface area contributed by atoms with Crippen molar-refractivity contribution < 1.29 is 4.79 Å². The van der Waals surface area contributed by atoms with Crippen LogP contribution in [0.15, 0.2) is 91.0 Å². The van der Waals surface area contributed by atoms with Gasteiger partial charge in [-0.1, -0.05) is 91.0 Å². The van der Waals surface area contributed by atoms with E-state index in [9.17, 15) is 4.79 Å². The number of hydrogen-bond acceptors (Lipinski definition) is 2. The molecule has 0 amide bonds. The summed E-state index contributed by atoms with van der Waals surface area (Å²) in [5.41, 5.74) is 2.74. The molecule has 1 atom stereocenters. The number of carbonyl (C=O) groups excluding carboxylic acids is 1. The van der Waals surface area contributed by atoms with E-state index >= 15 is 0 Å². The van der Waals surface area contributed by atoms with Gasteiger partial charge in [-0.05, 0) is 23.6 Å². The van der Waals surface area contributed by atoms with Crippen molar-refractivity contribution in [3.05, 3.63) is 108 Å². The summed E-state index contributed by atoms with van der Waals surface area (Å²) in [6.07, 6.45) is 0.948. The second kappa shape index (κ2) is 7.24. The molecular weight excluding hydrogens is 294 g/mol. The highest BCUT2D eigenvalue weighted by Gasteiger charge is 2.36. The fourth-order valence-electron chi connectivity index (χ4n) is 3.19. The van der Waals surface area contributed by atoms with Gasteiger partial charge in [0.1, 0.15) is 6.29 Å². The summed E-state index contributed by atoms with van der Waals surface area (Å²) < 4.78 is 0. The van der Waals surface area contributed by atoms with E-state index in [0.717, 1.165) is 23.0 Å². The van der Waals surface area contributed by atoms with Crippen LogP contribution in [0.5, 0.6) is 0 Å². The maximum Gasteiger partial charge on any atom is 0.136 e. The summed E-state index contributed by atoms with van der Waals surface area (Å²) in [7, 11) is 0. The largest absolute Gasteiger partial charge is 0.302 e. The van der Waals surface area contributed by atoms with Crippen LogP contribution in [0.25, 0.3) is 0 Å². The molecule has 3 aromatic rings. The molecule has 2 nitrogen and oxygen atoms in total. The molecule has 1 N–H and O–H groups in total. The summed E-state index contributed by atoms with van der Waals surface area (Å²) >= 11 is 0. The number of benzene rings is 3. The Bertz CT molecular complexity index is 672. The molecule has 0 unspecified atom stereocenters. The zero-order chi connectivity index (χ0) is 16.8. The van der Waals surface area contributed by atoms with Gasteiger partial charge >= 0.3 is 0 Å². The zero-order valence-corrected chi connectivity index (χ0v) is 13.7. The van der Waals surface area contributed by atoms with Crippen LogP contribution in [-0.2, 0) is 10.3 Å². The Morgan fingerprint density at radius 2 is 1.04 bits per heavy atom. The maximum atomic E-state index is 11.4. The van der Waals surface area contributed by atoms with Crippen LogP contribution in [0, 0.1) is 0 Å². The molecule has 120 valence electrons. The lowest BCUT2D eigenvalue weighted by Crippen LogP contribution is -2.49. The molecule has 2 heteroatoms. The molecule has 0 aromatic heterocycles. The van der Waals surface area contributed by atoms with Gasteiger partial charge in [0.25, 0.3) is 0 Å². The fraction of sp³-hybridized carbons (Fsp3) is 0.136. The summed E-state index contributed by atoms with van der Waals surface area (Å²) in [6, 6.07) is 30.5. The number of aldehydes is 1. The van der Waals surface area contributed by atoms with E-state index in [1.54, 1.807) is 0 Å². The smallest absolute Gasteiger partial charge is 0.136 e. The van der Waals surface area contributed by atoms with Crippen LogP contribution in [0.3, 0.4) is 0 Å². The standard InChI is InChI=1S/C22H21NO/c1-18(17-24)23-22(19-11-5-2-6-12-19,20-13-7-3-8-14-20)21-15-9-4-10-16-21/h2-18,23H,1H3/t18-/m1/s1. The van der Waals surface area contributed by atoms with E-state index in [1.807, 2.05) is 61.5 Å². The molecule has 0 saturated carbocycles. The highest BCUT2D eigenvalue weighted by Crippen LogP contribution is 2.36. The molecule has 0 aliphatic carbocycles. The van der Waals surface area contributed by atoms with Gasteiger partial charge in [-0.3, -0.25) is 5.32 Å². The average Bonchev–Trinajstić information content (AvgIpc) is 2.68. The molecule has 0 saturated heterocycles. The Kier molecular flexibility index (Phi) is 4.88. The number of carbonyl (C=O) groups is 1. The van der Waals surface area contributed by atoms with Crippen LogP contribution in [-0.4, -0.2) is 12.3 Å². The van der Waals surface area contributed by atoms with Crippen molar-refractivity contribution in [3.8, 4) is 0 Å². The predicted octanol–water partition coefficient (Wildman–Crippen LogP) is 4.16. The van der Waals surface area contributed by atoms with Crippen LogP contribution in [0.1, 0.15) is 23.6 Å². The van der Waals surface area contributed by atoms with E-state index in [0.29, 0.717) is 0 Å². The Morgan fingerprint density at radius 1 is 0.708 bits per heavy atom. The first-order valence-corrected chi connectivity index (χ1v) is 8.17. The highest BCUT2D eigenvalue weighted by atomic mass is 16.1. The Balaban J connectivity index is 2.30. The summed E-state index contributed by atoms with van der Waals surface area (Å²) in [6.45, 7) is 1.89. The van der Waals surface area contributed by atoms with Crippen molar-refractivity contribution in [3.63, 3.8) is 0 Å². The molecule has 0 radical (unpaired) electrons. The molecule has 3 aromatic carbocycles. The third-order valence-electron chi connectivity index (χ3n) is 4.27. The van der Waals surface area contributed by atoms with Crippen LogP contribution < -0.4 is 5.32 Å². The summed E-state index contributed by atoms with van der Waals surface area (Å²) in [4.78, 5) is 11.4. The van der Waals surface area contributed by atoms with Gasteiger partial charge < -0.3 is 4.79 Å². The van der Waals surface area contributed by atoms with E-state index in [4.69, 9.17) is 0 Å². The lowest BCUT2D eigenvalue weighted by Gasteiger charge is -2.38. The first-order chi connectivity index (χ1) is 11.8. The first kappa shape index (κ1) is 16.2. The molecule has 0 heterocycles. The fourth-order valence-corrected chi connectivity index (χ4v) is 3.19. The molecule has 0 spiro atoms. The molecule has 0 aliphatic rings. The van der Waals surface area contributed by atoms with Crippen molar-refractivity contribution in [1.29, 1.82) is 0 Å². The van der Waals surface area contributed by atoms with Gasteiger partial charge in [-0.2, -0.15) is 0 Å². The Hall–Kier alpha value is -2.71. The third kappa shape index (κ3) is 3.01. The lowest BCUT2D eigenvalue weighted by molar-refractivity contribution is -0.109. The van der Waals surface area contributed by atoms with Crippen LogP contribution in [0.4, 0.5) is 0 Å². The second-order valence-electron chi connectivity index (χ2n) is 5.92. The van der Waals surface area contributed by atoms with Crippen molar-refractivity contribution >= 4 is 6.29 Å². The normalized spacial score (nSPS) is 12.5. The topological polar surface area (TPSA) is 29.1 Å². The van der Waals surface area contributed by atoms with Gasteiger partial charge in [0.15, 0.2) is 0 Å². The second-order valence-corrected chi connectivity index (χ2v) is 5.92. The van der Waals surface area contributed by atoms with Crippen molar-refractivity contribution in [2.24, 2.45) is 0 Å². The average molecular weight is 315 g/mol. The molecule has 0 bridgehead atoms. The SMILES string of the molecule is C[C@H](C=O)NC(c1ccccc1)(c1ccccc1)c1ccccc1. The molecule has 0 aliphatic heterocycles. The van der Waals surface area contributed by atoms with Gasteiger partial charge in [-0.15, -0.1) is 0 Å². The predicted molar refractivity (Wildman–Crippen MR) is 97.9 cm³/mol. The highest BCUT2D eigenvalue weighted by molar-refractivity contribution is 5.59. The minimum Gasteiger partial charge on any atom is -0.302 e. The maximum absolute atomic E-state index is 11.4. The lowest BCUT2D eigenvalue weighted by atomic mass is 9.76. The molecule has 0 fully saturated rings. The van der Waals surface area contributed by atoms with E-state index in [1.165, 1.54) is 0 Å². The first-order valence-electron chi connectivity index (χ1n) is 8.17. The van der Waals surface area contributed by atoms with E-state index in [-0.39, 0.29) is 6.04 Å². The van der Waals surface area contributed by atoms with Gasteiger partial charge in [0, 0.05) is 0 Å². The monoisotopic (exact) mass is 315 g/mol. The Labute approximate surface area is 143 Å². The zero-order valence-electron chi connectivity index (χ0n) is 13.7. The summed E-state index contributed by atoms with van der Waals surface area (Å²) in [5, 5.41) is 3.56. The third-order valence-corrected chi connectivity index (χ3v) is 4.27. The summed E-state index contributed by atoms with van der Waals surface area (Å²) in [5.74, 6) is 0. The molecule has 3 rings (SSSR count). The van der Waals surface area contributed by atoms with E-state index < -0.39 is 5.54 Å². The van der Waals surface area contributed by atoms with Crippen LogP contribution in [0.2, 0.25) is 0 Å². The van der Waals surface area contributed by atoms with Crippen LogP contribution >= 0.6 is 0 Å². The molecule has 24 heavy (non-hydrogen) atoms. The molecular formula is C22H21NO. The van der Waals surface area contributed by atoms with Gasteiger partial charge in [0.05, 0.1) is 11.6 Å². The minimum atomic E-state index is -0.579. The Morgan fingerprint density at radius 3 is 1.33 bits per heavy atom. The van der Waals surface area contributed by atoms with Crippen molar-refractivity contribution in [2.45, 2.75) is 18.5 Å². The minimum absolute atomic E-state index is 0.286. The number of hydrogen-bond donors (Lipinski definition) is 1. The van der Waals surface area contributed by atoms with E-state index in [2.05, 4.69) is 41.7 Å². The number of rotatable bonds is 6. The van der Waals surface area contributed by atoms with Gasteiger partial charge in [-0.25, -0.2) is 0 Å².